The smallest absolute Gasteiger partial charge is 0.334 e. The fourth-order valence-corrected chi connectivity index (χ4v) is 5.85. The molecule has 0 aliphatic carbocycles. The SMILES string of the molecule is COc1ccc(CNC(=O)N2[C@H]3CN(CCc4ccc(OC)c(OC)c4)C(=O)[C@H](Cc4ccccc4)N3C(=O)CN2C)cc1. The molecule has 4 amide bonds. The molecule has 2 fully saturated rings. The Morgan fingerprint density at radius 3 is 2.25 bits per heavy atom. The number of carbonyl (C=O) groups excluding carboxylic acids is 3. The van der Waals surface area contributed by atoms with Crippen LogP contribution in [0.25, 0.3) is 0 Å². The molecule has 5 rings (SSSR count). The van der Waals surface area contributed by atoms with Crippen molar-refractivity contribution in [1.82, 2.24) is 25.1 Å². The van der Waals surface area contributed by atoms with Crippen LogP contribution in [0.3, 0.4) is 0 Å². The molecule has 2 aliphatic rings. The van der Waals surface area contributed by atoms with Crippen LogP contribution >= 0.6 is 0 Å². The van der Waals surface area contributed by atoms with Gasteiger partial charge >= 0.3 is 6.03 Å². The van der Waals surface area contributed by atoms with E-state index in [0.29, 0.717) is 37.4 Å². The van der Waals surface area contributed by atoms with Crippen LogP contribution in [0.1, 0.15) is 16.7 Å². The average Bonchev–Trinajstić information content (AvgIpc) is 3.04. The molecule has 232 valence electrons. The molecule has 3 aromatic rings. The van der Waals surface area contributed by atoms with Crippen molar-refractivity contribution >= 4 is 17.8 Å². The van der Waals surface area contributed by atoms with E-state index in [9.17, 15) is 14.4 Å². The highest BCUT2D eigenvalue weighted by Crippen LogP contribution is 2.30. The third-order valence-corrected chi connectivity index (χ3v) is 8.14. The van der Waals surface area contributed by atoms with E-state index in [0.717, 1.165) is 22.4 Å². The van der Waals surface area contributed by atoms with Gasteiger partial charge in [0.15, 0.2) is 11.5 Å². The number of benzene rings is 3. The van der Waals surface area contributed by atoms with Crippen molar-refractivity contribution in [3.63, 3.8) is 0 Å². The van der Waals surface area contributed by atoms with Crippen molar-refractivity contribution in [2.75, 3.05) is 48.0 Å². The van der Waals surface area contributed by atoms with Crippen molar-refractivity contribution in [3.8, 4) is 17.2 Å². The quantitative estimate of drug-likeness (QED) is 0.381. The number of urea groups is 1. The maximum Gasteiger partial charge on any atom is 0.334 e. The second-order valence-electron chi connectivity index (χ2n) is 10.9. The lowest BCUT2D eigenvalue weighted by molar-refractivity contribution is -0.186. The van der Waals surface area contributed by atoms with Crippen molar-refractivity contribution in [3.05, 3.63) is 89.5 Å². The van der Waals surface area contributed by atoms with Gasteiger partial charge < -0.3 is 29.3 Å². The lowest BCUT2D eigenvalue weighted by atomic mass is 9.98. The normalized spacial score (nSPS) is 18.6. The minimum absolute atomic E-state index is 0.0172. The molecule has 0 bridgehead atoms. The average molecular weight is 602 g/mol. The molecule has 2 heterocycles. The topological polar surface area (TPSA) is 104 Å². The first-order valence-corrected chi connectivity index (χ1v) is 14.6. The summed E-state index contributed by atoms with van der Waals surface area (Å²) in [5.74, 6) is 1.65. The predicted molar refractivity (Wildman–Crippen MR) is 164 cm³/mol. The number of fused-ring (bicyclic) bond motifs is 1. The summed E-state index contributed by atoms with van der Waals surface area (Å²) < 4.78 is 16.1. The minimum atomic E-state index is -0.750. The Morgan fingerprint density at radius 2 is 1.57 bits per heavy atom. The number of likely N-dealkylation sites (N-methyl/N-ethyl adjacent to an activating group) is 1. The summed E-state index contributed by atoms with van der Waals surface area (Å²) in [6, 6.07) is 21.7. The number of amides is 4. The second kappa shape index (κ2) is 13.7. The van der Waals surface area contributed by atoms with Crippen LogP contribution in [0.5, 0.6) is 17.2 Å². The van der Waals surface area contributed by atoms with Gasteiger partial charge in [0.2, 0.25) is 11.8 Å². The molecule has 11 nitrogen and oxygen atoms in total. The Labute approximate surface area is 257 Å². The van der Waals surface area contributed by atoms with Gasteiger partial charge in [-0.25, -0.2) is 14.8 Å². The Morgan fingerprint density at radius 1 is 0.864 bits per heavy atom. The first kappa shape index (κ1) is 30.7. The van der Waals surface area contributed by atoms with E-state index in [1.54, 1.807) is 48.2 Å². The Hall–Kier alpha value is -4.77. The predicted octanol–water partition coefficient (Wildman–Crippen LogP) is 2.94. The number of piperazine rings is 1. The standard InChI is InChI=1S/C33H39N5O6/c1-35-22-31(39)37-27(18-23-8-6-5-7-9-23)32(40)36(17-16-24-12-15-28(43-3)29(19-24)44-4)21-30(37)38(35)33(41)34-20-25-10-13-26(42-2)14-11-25/h5-15,19,27,30H,16-18,20-22H2,1-4H3,(H,34,41)/t27-,30-/m0/s1. The number of hydrogen-bond donors (Lipinski definition) is 1. The molecule has 2 atom stereocenters. The molecule has 1 N–H and O–H groups in total. The van der Waals surface area contributed by atoms with Crippen molar-refractivity contribution in [1.29, 1.82) is 0 Å². The molecule has 0 unspecified atom stereocenters. The highest BCUT2D eigenvalue weighted by atomic mass is 16.5. The summed E-state index contributed by atoms with van der Waals surface area (Å²) in [6.07, 6.45) is 0.235. The summed E-state index contributed by atoms with van der Waals surface area (Å²) in [5.41, 5.74) is 2.82. The largest absolute Gasteiger partial charge is 0.497 e. The molecule has 3 aromatic carbocycles. The maximum absolute atomic E-state index is 14.0. The van der Waals surface area contributed by atoms with Crippen LogP contribution in [0.15, 0.2) is 72.8 Å². The zero-order valence-electron chi connectivity index (χ0n) is 25.6. The monoisotopic (exact) mass is 601 g/mol. The molecule has 11 heteroatoms. The number of methoxy groups -OCH3 is 3. The van der Waals surface area contributed by atoms with E-state index in [1.807, 2.05) is 72.8 Å². The van der Waals surface area contributed by atoms with Crippen molar-refractivity contribution < 1.29 is 28.6 Å². The Balaban J connectivity index is 1.40. The van der Waals surface area contributed by atoms with Crippen LogP contribution in [-0.4, -0.2) is 97.9 Å². The molecule has 0 spiro atoms. The van der Waals surface area contributed by atoms with Crippen LogP contribution in [-0.2, 0) is 29.0 Å². The van der Waals surface area contributed by atoms with E-state index >= 15 is 0 Å². The van der Waals surface area contributed by atoms with E-state index in [2.05, 4.69) is 5.32 Å². The molecule has 44 heavy (non-hydrogen) atoms. The molecule has 0 aromatic heterocycles. The van der Waals surface area contributed by atoms with Gasteiger partial charge in [-0.2, -0.15) is 0 Å². The lowest BCUT2D eigenvalue weighted by Gasteiger charge is -2.54. The summed E-state index contributed by atoms with van der Waals surface area (Å²) in [6.45, 7) is 0.868. The van der Waals surface area contributed by atoms with Crippen molar-refractivity contribution in [2.24, 2.45) is 0 Å². The molecule has 2 aliphatic heterocycles. The molecular formula is C33H39N5O6. The summed E-state index contributed by atoms with van der Waals surface area (Å²) in [7, 11) is 6.50. The number of hydrazine groups is 1. The molecule has 0 saturated carbocycles. The van der Waals surface area contributed by atoms with Crippen LogP contribution < -0.4 is 19.5 Å². The van der Waals surface area contributed by atoms with E-state index < -0.39 is 12.2 Å². The Bertz CT molecular complexity index is 1470. The first-order chi connectivity index (χ1) is 21.3. The zero-order chi connectivity index (χ0) is 31.2. The number of ether oxygens (including phenoxy) is 3. The van der Waals surface area contributed by atoms with E-state index in [4.69, 9.17) is 14.2 Å². The van der Waals surface area contributed by atoms with E-state index in [-0.39, 0.29) is 30.9 Å². The fraction of sp³-hybridized carbons (Fsp3) is 0.364. The number of nitrogens with zero attached hydrogens (tertiary/aromatic N) is 4. The van der Waals surface area contributed by atoms with Crippen LogP contribution in [0.2, 0.25) is 0 Å². The van der Waals surface area contributed by atoms with Gasteiger partial charge in [0.05, 0.1) is 34.4 Å². The second-order valence-corrected chi connectivity index (χ2v) is 10.9. The Kier molecular flexibility index (Phi) is 9.54. The maximum atomic E-state index is 14.0. The number of hydrogen-bond acceptors (Lipinski definition) is 7. The highest BCUT2D eigenvalue weighted by Gasteiger charge is 2.50. The molecule has 2 saturated heterocycles. The van der Waals surface area contributed by atoms with Gasteiger partial charge in [-0.3, -0.25) is 9.59 Å². The summed E-state index contributed by atoms with van der Waals surface area (Å²) in [4.78, 5) is 44.7. The van der Waals surface area contributed by atoms with Gasteiger partial charge in [-0.15, -0.1) is 0 Å². The highest BCUT2D eigenvalue weighted by molar-refractivity contribution is 5.91. The van der Waals surface area contributed by atoms with Gasteiger partial charge in [0.25, 0.3) is 0 Å². The van der Waals surface area contributed by atoms with Crippen molar-refractivity contribution in [2.45, 2.75) is 31.6 Å². The van der Waals surface area contributed by atoms with Gasteiger partial charge in [0.1, 0.15) is 18.0 Å². The third-order valence-electron chi connectivity index (χ3n) is 8.14. The third kappa shape index (κ3) is 6.57. The minimum Gasteiger partial charge on any atom is -0.497 e. The first-order valence-electron chi connectivity index (χ1n) is 14.6. The zero-order valence-corrected chi connectivity index (χ0v) is 25.6. The van der Waals surface area contributed by atoms with Crippen LogP contribution in [0, 0.1) is 0 Å². The summed E-state index contributed by atoms with van der Waals surface area (Å²) in [5, 5.41) is 6.20. The molecular weight excluding hydrogens is 562 g/mol. The van der Waals surface area contributed by atoms with Gasteiger partial charge in [-0.05, 0) is 47.4 Å². The lowest BCUT2D eigenvalue weighted by Crippen LogP contribution is -2.76. The van der Waals surface area contributed by atoms with Gasteiger partial charge in [-0.1, -0.05) is 48.5 Å². The van der Waals surface area contributed by atoms with Gasteiger partial charge in [0, 0.05) is 26.6 Å². The number of nitrogens with one attached hydrogen (secondary N) is 1. The number of carbonyl (C=O) groups is 3. The fourth-order valence-electron chi connectivity index (χ4n) is 5.85. The molecule has 0 radical (unpaired) electrons. The summed E-state index contributed by atoms with van der Waals surface area (Å²) >= 11 is 0. The number of rotatable bonds is 10. The van der Waals surface area contributed by atoms with E-state index in [1.165, 1.54) is 0 Å². The van der Waals surface area contributed by atoms with Crippen LogP contribution in [0.4, 0.5) is 4.79 Å².